The molecule has 7 heteroatoms. The highest BCUT2D eigenvalue weighted by molar-refractivity contribution is 7.92. The van der Waals surface area contributed by atoms with Gasteiger partial charge in [0, 0.05) is 0 Å². The lowest BCUT2D eigenvalue weighted by molar-refractivity contribution is -0.122. The van der Waals surface area contributed by atoms with Crippen molar-refractivity contribution in [1.29, 1.82) is 0 Å². The molecular formula is C25H36N2O4S. The van der Waals surface area contributed by atoms with Crippen LogP contribution in [0.15, 0.2) is 36.4 Å². The Morgan fingerprint density at radius 3 is 2.25 bits per heavy atom. The van der Waals surface area contributed by atoms with Gasteiger partial charge in [-0.1, -0.05) is 32.9 Å². The minimum atomic E-state index is -3.67. The first-order chi connectivity index (χ1) is 14.9. The van der Waals surface area contributed by atoms with Gasteiger partial charge in [-0.3, -0.25) is 9.10 Å². The Bertz CT molecular complexity index is 1060. The van der Waals surface area contributed by atoms with Crippen molar-refractivity contribution in [2.45, 2.75) is 66.0 Å². The molecule has 1 amide bonds. The summed E-state index contributed by atoms with van der Waals surface area (Å²) < 4.78 is 32.1. The molecule has 2 aromatic carbocycles. The summed E-state index contributed by atoms with van der Waals surface area (Å²) in [6, 6.07) is 10.1. The van der Waals surface area contributed by atoms with Crippen LogP contribution in [0, 0.1) is 13.8 Å². The van der Waals surface area contributed by atoms with Gasteiger partial charge in [-0.15, -0.1) is 0 Å². The molecule has 2 atom stereocenters. The predicted octanol–water partition coefficient (Wildman–Crippen LogP) is 4.86. The summed E-state index contributed by atoms with van der Waals surface area (Å²) in [5, 5.41) is 3.04. The number of anilines is 1. The van der Waals surface area contributed by atoms with Crippen LogP contribution in [0.4, 0.5) is 5.69 Å². The van der Waals surface area contributed by atoms with Gasteiger partial charge in [-0.25, -0.2) is 8.42 Å². The molecule has 0 aliphatic heterocycles. The molecule has 0 spiro atoms. The third-order valence-corrected chi connectivity index (χ3v) is 6.83. The molecule has 0 aliphatic carbocycles. The van der Waals surface area contributed by atoms with E-state index < -0.39 is 16.1 Å². The van der Waals surface area contributed by atoms with E-state index in [1.807, 2.05) is 39.8 Å². The molecule has 0 bridgehead atoms. The Labute approximate surface area is 193 Å². The molecule has 0 saturated heterocycles. The number of benzene rings is 2. The molecule has 1 N–H and O–H groups in total. The van der Waals surface area contributed by atoms with Gasteiger partial charge in [0.05, 0.1) is 25.1 Å². The summed E-state index contributed by atoms with van der Waals surface area (Å²) in [6.07, 6.45) is 1.48. The topological polar surface area (TPSA) is 75.7 Å². The summed E-state index contributed by atoms with van der Waals surface area (Å²) in [5.74, 6) is 0.764. The molecule has 6 nitrogen and oxygen atoms in total. The fourth-order valence-corrected chi connectivity index (χ4v) is 5.23. The third kappa shape index (κ3) is 5.82. The number of aryl methyl sites for hydroxylation is 2. The Hall–Kier alpha value is -2.54. The van der Waals surface area contributed by atoms with Crippen molar-refractivity contribution in [2.24, 2.45) is 0 Å². The van der Waals surface area contributed by atoms with Crippen molar-refractivity contribution in [3.8, 4) is 5.75 Å². The van der Waals surface area contributed by atoms with Gasteiger partial charge in [-0.2, -0.15) is 0 Å². The van der Waals surface area contributed by atoms with Gasteiger partial charge < -0.3 is 10.1 Å². The summed E-state index contributed by atoms with van der Waals surface area (Å²) in [7, 11) is -2.02. The molecule has 0 heterocycles. The monoisotopic (exact) mass is 460 g/mol. The third-order valence-electron chi connectivity index (χ3n) is 5.65. The molecule has 0 saturated carbocycles. The predicted molar refractivity (Wildman–Crippen MR) is 131 cm³/mol. The number of hydrogen-bond acceptors (Lipinski definition) is 4. The van der Waals surface area contributed by atoms with Crippen molar-refractivity contribution >= 4 is 21.6 Å². The maximum absolute atomic E-state index is 13.3. The fourth-order valence-electron chi connectivity index (χ4n) is 4.02. The number of amides is 1. The van der Waals surface area contributed by atoms with Crippen molar-refractivity contribution < 1.29 is 17.9 Å². The number of hydrogen-bond donors (Lipinski definition) is 1. The van der Waals surface area contributed by atoms with Crippen LogP contribution in [0.5, 0.6) is 5.75 Å². The second-order valence-corrected chi connectivity index (χ2v) is 10.5. The van der Waals surface area contributed by atoms with E-state index in [1.165, 1.54) is 4.31 Å². The standard InChI is InChI=1S/C25H36N2O4S/c1-9-23(27(32(8,29)30)20-12-10-11-17(4)13-20)25(28)26-19(6)22-15-21(16(2)3)24(31-7)14-18(22)5/h10-16,19,23H,9H2,1-8H3,(H,26,28). The summed E-state index contributed by atoms with van der Waals surface area (Å²) in [6.45, 7) is 11.8. The van der Waals surface area contributed by atoms with Gasteiger partial charge in [0.1, 0.15) is 11.8 Å². The number of carbonyl (C=O) groups excluding carboxylic acids is 1. The maximum Gasteiger partial charge on any atom is 0.244 e. The minimum absolute atomic E-state index is 0.262. The maximum atomic E-state index is 13.3. The zero-order valence-electron chi connectivity index (χ0n) is 20.4. The number of carbonyl (C=O) groups is 1. The molecule has 0 fully saturated rings. The summed E-state index contributed by atoms with van der Waals surface area (Å²) >= 11 is 0. The quantitative estimate of drug-likeness (QED) is 0.580. The number of nitrogens with one attached hydrogen (secondary N) is 1. The lowest BCUT2D eigenvalue weighted by Crippen LogP contribution is -2.49. The highest BCUT2D eigenvalue weighted by atomic mass is 32.2. The minimum Gasteiger partial charge on any atom is -0.496 e. The molecule has 2 rings (SSSR count). The van der Waals surface area contributed by atoms with E-state index in [0.29, 0.717) is 12.1 Å². The summed E-state index contributed by atoms with van der Waals surface area (Å²) in [5.41, 5.74) is 4.48. The van der Waals surface area contributed by atoms with Crippen LogP contribution in [0.2, 0.25) is 0 Å². The van der Waals surface area contributed by atoms with E-state index in [4.69, 9.17) is 4.74 Å². The first kappa shape index (κ1) is 25.7. The van der Waals surface area contributed by atoms with Crippen LogP contribution in [-0.4, -0.2) is 33.7 Å². The van der Waals surface area contributed by atoms with Crippen LogP contribution >= 0.6 is 0 Å². The van der Waals surface area contributed by atoms with Crippen LogP contribution < -0.4 is 14.4 Å². The Balaban J connectivity index is 2.39. The number of sulfonamides is 1. The van der Waals surface area contributed by atoms with Crippen molar-refractivity contribution in [1.82, 2.24) is 5.32 Å². The Morgan fingerprint density at radius 2 is 1.75 bits per heavy atom. The largest absolute Gasteiger partial charge is 0.496 e. The molecule has 32 heavy (non-hydrogen) atoms. The molecule has 0 aliphatic rings. The van der Waals surface area contributed by atoms with E-state index in [1.54, 1.807) is 25.3 Å². The molecule has 2 unspecified atom stereocenters. The lowest BCUT2D eigenvalue weighted by atomic mass is 9.93. The van der Waals surface area contributed by atoms with Crippen LogP contribution in [0.3, 0.4) is 0 Å². The van der Waals surface area contributed by atoms with Crippen LogP contribution in [-0.2, 0) is 14.8 Å². The molecule has 0 aromatic heterocycles. The molecule has 2 aromatic rings. The summed E-state index contributed by atoms with van der Waals surface area (Å²) in [4.78, 5) is 13.3. The van der Waals surface area contributed by atoms with E-state index in [-0.39, 0.29) is 17.9 Å². The SMILES string of the molecule is CCC(C(=O)NC(C)c1cc(C(C)C)c(OC)cc1C)N(c1cccc(C)c1)S(C)(=O)=O. The van der Waals surface area contributed by atoms with E-state index in [0.717, 1.165) is 34.3 Å². The van der Waals surface area contributed by atoms with Crippen molar-refractivity contribution in [3.63, 3.8) is 0 Å². The Morgan fingerprint density at radius 1 is 1.09 bits per heavy atom. The van der Waals surface area contributed by atoms with E-state index in [9.17, 15) is 13.2 Å². The number of nitrogens with zero attached hydrogens (tertiary/aromatic N) is 1. The van der Waals surface area contributed by atoms with Crippen molar-refractivity contribution in [3.05, 3.63) is 58.7 Å². The molecule has 176 valence electrons. The average Bonchev–Trinajstić information content (AvgIpc) is 2.69. The van der Waals surface area contributed by atoms with Gasteiger partial charge in [0.15, 0.2) is 0 Å². The van der Waals surface area contributed by atoms with Crippen LogP contribution in [0.1, 0.15) is 68.3 Å². The van der Waals surface area contributed by atoms with Gasteiger partial charge in [0.2, 0.25) is 15.9 Å². The number of methoxy groups -OCH3 is 1. The highest BCUT2D eigenvalue weighted by Crippen LogP contribution is 2.32. The van der Waals surface area contributed by atoms with Gasteiger partial charge >= 0.3 is 0 Å². The number of ether oxygens (including phenoxy) is 1. The average molecular weight is 461 g/mol. The molecular weight excluding hydrogens is 424 g/mol. The van der Waals surface area contributed by atoms with Crippen LogP contribution in [0.25, 0.3) is 0 Å². The second-order valence-electron chi connectivity index (χ2n) is 8.66. The normalized spacial score (nSPS) is 13.5. The first-order valence-corrected chi connectivity index (χ1v) is 12.8. The fraction of sp³-hybridized carbons (Fsp3) is 0.480. The second kappa shape index (κ2) is 10.4. The lowest BCUT2D eigenvalue weighted by Gasteiger charge is -2.31. The Kier molecular flexibility index (Phi) is 8.35. The zero-order chi connectivity index (χ0) is 24.2. The first-order valence-electron chi connectivity index (χ1n) is 11.0. The smallest absolute Gasteiger partial charge is 0.244 e. The number of rotatable bonds is 9. The van der Waals surface area contributed by atoms with Crippen molar-refractivity contribution in [2.75, 3.05) is 17.7 Å². The molecule has 0 radical (unpaired) electrons. The van der Waals surface area contributed by atoms with Gasteiger partial charge in [0.25, 0.3) is 0 Å². The van der Waals surface area contributed by atoms with E-state index >= 15 is 0 Å². The zero-order valence-corrected chi connectivity index (χ0v) is 21.2. The highest BCUT2D eigenvalue weighted by Gasteiger charge is 2.32. The van der Waals surface area contributed by atoms with Gasteiger partial charge in [-0.05, 0) is 79.6 Å². The van der Waals surface area contributed by atoms with E-state index in [2.05, 4.69) is 25.2 Å².